The zero-order valence-electron chi connectivity index (χ0n) is 16.4. The number of hydrazone groups is 1. The third kappa shape index (κ3) is 4.11. The van der Waals surface area contributed by atoms with Crippen LogP contribution in [0.5, 0.6) is 0 Å². The summed E-state index contributed by atoms with van der Waals surface area (Å²) in [7, 11) is 0. The number of hydrogen-bond acceptors (Lipinski definition) is 4. The van der Waals surface area contributed by atoms with Gasteiger partial charge in [0.25, 0.3) is 11.5 Å². The van der Waals surface area contributed by atoms with Crippen molar-refractivity contribution in [2.45, 2.75) is 44.9 Å². The van der Waals surface area contributed by atoms with Crippen molar-refractivity contribution in [2.24, 2.45) is 5.10 Å². The van der Waals surface area contributed by atoms with E-state index in [1.807, 2.05) is 6.92 Å². The number of nitrogens with zero attached hydrogens (tertiary/aromatic N) is 2. The van der Waals surface area contributed by atoms with Crippen LogP contribution in [-0.2, 0) is 0 Å². The van der Waals surface area contributed by atoms with Gasteiger partial charge in [-0.25, -0.2) is 10.5 Å². The second kappa shape index (κ2) is 8.39. The molecule has 3 aromatic rings. The van der Waals surface area contributed by atoms with Crippen molar-refractivity contribution in [1.29, 1.82) is 0 Å². The first kappa shape index (κ1) is 19.1. The van der Waals surface area contributed by atoms with Crippen LogP contribution in [0.15, 0.2) is 58.4 Å². The van der Waals surface area contributed by atoms with Crippen LogP contribution in [0, 0.1) is 0 Å². The van der Waals surface area contributed by atoms with E-state index < -0.39 is 5.91 Å². The Morgan fingerprint density at radius 3 is 2.45 bits per heavy atom. The highest BCUT2D eigenvalue weighted by Crippen LogP contribution is 2.32. The van der Waals surface area contributed by atoms with Crippen LogP contribution in [0.25, 0.3) is 10.8 Å². The predicted octanol–water partition coefficient (Wildman–Crippen LogP) is 4.12. The molecule has 1 saturated carbocycles. The van der Waals surface area contributed by atoms with Crippen molar-refractivity contribution in [1.82, 2.24) is 15.6 Å². The summed E-state index contributed by atoms with van der Waals surface area (Å²) >= 11 is 0. The fraction of sp³-hybridized carbons (Fsp3) is 0.304. The van der Waals surface area contributed by atoms with Crippen LogP contribution >= 0.6 is 0 Å². The Kier molecular flexibility index (Phi) is 5.51. The van der Waals surface area contributed by atoms with E-state index in [-0.39, 0.29) is 11.3 Å². The third-order valence-electron chi connectivity index (χ3n) is 5.64. The van der Waals surface area contributed by atoms with Gasteiger partial charge >= 0.3 is 0 Å². The van der Waals surface area contributed by atoms with E-state index in [1.54, 1.807) is 24.3 Å². The van der Waals surface area contributed by atoms with E-state index in [0.717, 1.165) is 5.56 Å². The molecule has 2 N–H and O–H groups in total. The van der Waals surface area contributed by atoms with Crippen molar-refractivity contribution in [3.8, 4) is 0 Å². The maximum absolute atomic E-state index is 12.6. The summed E-state index contributed by atoms with van der Waals surface area (Å²) in [6.45, 7) is 1.86. The van der Waals surface area contributed by atoms with Crippen molar-refractivity contribution in [2.75, 3.05) is 0 Å². The smallest absolute Gasteiger partial charge is 0.267 e. The van der Waals surface area contributed by atoms with Gasteiger partial charge in [0.05, 0.1) is 11.1 Å². The summed E-state index contributed by atoms with van der Waals surface area (Å²) in [5, 5.41) is 11.4. The van der Waals surface area contributed by atoms with E-state index in [2.05, 4.69) is 45.0 Å². The average molecular weight is 388 g/mol. The summed E-state index contributed by atoms with van der Waals surface area (Å²) in [4.78, 5) is 24.4. The molecular weight excluding hydrogens is 364 g/mol. The van der Waals surface area contributed by atoms with E-state index >= 15 is 0 Å². The molecule has 0 saturated heterocycles. The number of aromatic amines is 1. The second-order valence-electron chi connectivity index (χ2n) is 7.54. The Bertz CT molecular complexity index is 1110. The number of H-pyrrole nitrogens is 1. The number of aromatic nitrogens is 2. The van der Waals surface area contributed by atoms with Crippen molar-refractivity contribution >= 4 is 22.4 Å². The maximum atomic E-state index is 12.6. The summed E-state index contributed by atoms with van der Waals surface area (Å²) in [5.41, 5.74) is 5.43. The summed E-state index contributed by atoms with van der Waals surface area (Å²) < 4.78 is 0. The van der Waals surface area contributed by atoms with Crippen molar-refractivity contribution in [3.05, 3.63) is 75.7 Å². The average Bonchev–Trinajstić information content (AvgIpc) is 2.78. The minimum absolute atomic E-state index is 0.143. The molecule has 0 bridgehead atoms. The van der Waals surface area contributed by atoms with Gasteiger partial charge in [0.15, 0.2) is 5.69 Å². The Hall–Kier alpha value is -3.28. The molecule has 1 heterocycles. The zero-order valence-corrected chi connectivity index (χ0v) is 16.4. The van der Waals surface area contributed by atoms with E-state index in [0.29, 0.717) is 22.4 Å². The fourth-order valence-corrected chi connectivity index (χ4v) is 3.97. The van der Waals surface area contributed by atoms with Crippen LogP contribution in [0.4, 0.5) is 0 Å². The Morgan fingerprint density at radius 2 is 1.72 bits per heavy atom. The monoisotopic (exact) mass is 388 g/mol. The molecule has 0 unspecified atom stereocenters. The first-order valence-corrected chi connectivity index (χ1v) is 10.1. The lowest BCUT2D eigenvalue weighted by Crippen LogP contribution is -2.23. The van der Waals surface area contributed by atoms with Crippen LogP contribution in [0.1, 0.15) is 66.6 Å². The normalized spacial score (nSPS) is 15.4. The van der Waals surface area contributed by atoms with Crippen LogP contribution < -0.4 is 11.0 Å². The summed E-state index contributed by atoms with van der Waals surface area (Å²) in [6.07, 6.45) is 6.50. The molecule has 6 heteroatoms. The first-order chi connectivity index (χ1) is 14.1. The largest absolute Gasteiger partial charge is 0.292 e. The molecule has 1 aliphatic rings. The molecule has 2 aromatic carbocycles. The molecule has 1 amide bonds. The Balaban J connectivity index is 1.49. The van der Waals surface area contributed by atoms with Gasteiger partial charge in [-0.15, -0.1) is 0 Å². The molecule has 29 heavy (non-hydrogen) atoms. The predicted molar refractivity (Wildman–Crippen MR) is 114 cm³/mol. The molecule has 0 radical (unpaired) electrons. The molecule has 1 aliphatic carbocycles. The standard InChI is InChI=1S/C23H24N4O2/c1-15(16-11-13-18(14-12-16)17-7-3-2-4-8-17)24-27-23(29)21-19-9-5-6-10-20(19)22(28)26-25-21/h5-6,9-14,17H,2-4,7-8H2,1H3,(H,26,28)(H,27,29)/b24-15-. The zero-order chi connectivity index (χ0) is 20.2. The molecule has 6 nitrogen and oxygen atoms in total. The van der Waals surface area contributed by atoms with E-state index in [1.165, 1.54) is 37.7 Å². The highest BCUT2D eigenvalue weighted by atomic mass is 16.2. The third-order valence-corrected chi connectivity index (χ3v) is 5.64. The summed E-state index contributed by atoms with van der Waals surface area (Å²) in [6, 6.07) is 15.3. The summed E-state index contributed by atoms with van der Waals surface area (Å²) in [5.74, 6) is 0.199. The number of amides is 1. The van der Waals surface area contributed by atoms with Gasteiger partial charge in [0.2, 0.25) is 0 Å². The number of carbonyl (C=O) groups excluding carboxylic acids is 1. The van der Waals surface area contributed by atoms with Gasteiger partial charge in [-0.3, -0.25) is 9.59 Å². The number of hydrogen-bond donors (Lipinski definition) is 2. The second-order valence-corrected chi connectivity index (χ2v) is 7.54. The maximum Gasteiger partial charge on any atom is 0.292 e. The van der Waals surface area contributed by atoms with Gasteiger partial charge < -0.3 is 0 Å². The lowest BCUT2D eigenvalue weighted by molar-refractivity contribution is 0.0950. The van der Waals surface area contributed by atoms with Gasteiger partial charge in [-0.05, 0) is 42.9 Å². The molecule has 1 aromatic heterocycles. The molecular formula is C23H24N4O2. The van der Waals surface area contributed by atoms with Gasteiger partial charge in [0.1, 0.15) is 0 Å². The van der Waals surface area contributed by atoms with E-state index in [9.17, 15) is 9.59 Å². The minimum atomic E-state index is -0.462. The molecule has 0 atom stereocenters. The van der Waals surface area contributed by atoms with E-state index in [4.69, 9.17) is 0 Å². The SMILES string of the molecule is C/C(=N/NC(=O)c1n[nH]c(=O)c2ccccc12)c1ccc(C2CCCCC2)cc1. The quantitative estimate of drug-likeness (QED) is 0.520. The molecule has 148 valence electrons. The lowest BCUT2D eigenvalue weighted by Gasteiger charge is -2.22. The van der Waals surface area contributed by atoms with Crippen LogP contribution in [0.3, 0.4) is 0 Å². The number of fused-ring (bicyclic) bond motifs is 1. The van der Waals surface area contributed by atoms with Gasteiger partial charge in [0, 0.05) is 5.39 Å². The molecule has 0 aliphatic heterocycles. The van der Waals surface area contributed by atoms with Crippen LogP contribution in [-0.4, -0.2) is 21.8 Å². The number of rotatable bonds is 4. The highest BCUT2D eigenvalue weighted by Gasteiger charge is 2.16. The van der Waals surface area contributed by atoms with Crippen molar-refractivity contribution < 1.29 is 4.79 Å². The molecule has 1 fully saturated rings. The number of nitrogens with one attached hydrogen (secondary N) is 2. The fourth-order valence-electron chi connectivity index (χ4n) is 3.97. The highest BCUT2D eigenvalue weighted by molar-refractivity contribution is 6.06. The first-order valence-electron chi connectivity index (χ1n) is 10.1. The van der Waals surface area contributed by atoms with Crippen LogP contribution in [0.2, 0.25) is 0 Å². The number of benzene rings is 2. The topological polar surface area (TPSA) is 87.2 Å². The Morgan fingerprint density at radius 1 is 1.03 bits per heavy atom. The van der Waals surface area contributed by atoms with Crippen molar-refractivity contribution in [3.63, 3.8) is 0 Å². The lowest BCUT2D eigenvalue weighted by atomic mass is 9.84. The van der Waals surface area contributed by atoms with Gasteiger partial charge in [-0.2, -0.15) is 10.2 Å². The molecule has 4 rings (SSSR count). The number of carbonyl (C=O) groups is 1. The Labute approximate surface area is 169 Å². The molecule has 0 spiro atoms. The van der Waals surface area contributed by atoms with Gasteiger partial charge in [-0.1, -0.05) is 61.7 Å². The minimum Gasteiger partial charge on any atom is -0.267 e.